The monoisotopic (exact) mass is 282 g/mol. The van der Waals surface area contributed by atoms with E-state index in [1.165, 1.54) is 25.3 Å². The molecule has 0 saturated heterocycles. The summed E-state index contributed by atoms with van der Waals surface area (Å²) in [7, 11) is 1.41. The van der Waals surface area contributed by atoms with Crippen LogP contribution in [0.3, 0.4) is 0 Å². The van der Waals surface area contributed by atoms with Gasteiger partial charge in [0, 0.05) is 0 Å². The third-order valence-corrected chi connectivity index (χ3v) is 3.27. The van der Waals surface area contributed by atoms with Crippen molar-refractivity contribution < 1.29 is 13.5 Å². The Labute approximate surface area is 115 Å². The summed E-state index contributed by atoms with van der Waals surface area (Å²) >= 11 is 6.29. The zero-order valence-corrected chi connectivity index (χ0v) is 11.1. The van der Waals surface area contributed by atoms with Crippen molar-refractivity contribution in [2.24, 2.45) is 0 Å². The van der Waals surface area contributed by atoms with Crippen molar-refractivity contribution in [1.82, 2.24) is 0 Å². The molecule has 1 unspecified atom stereocenters. The SMILES string of the molecule is COc1cc(C(Cl)Cc2ccc(F)cc2)ccc1F. The average molecular weight is 283 g/mol. The first kappa shape index (κ1) is 13.8. The maximum Gasteiger partial charge on any atom is 0.165 e. The van der Waals surface area contributed by atoms with Crippen LogP contribution in [0.5, 0.6) is 5.75 Å². The molecule has 0 fully saturated rings. The lowest BCUT2D eigenvalue weighted by Gasteiger charge is -2.12. The molecule has 0 bridgehead atoms. The van der Waals surface area contributed by atoms with E-state index in [9.17, 15) is 8.78 Å². The van der Waals surface area contributed by atoms with Crippen molar-refractivity contribution >= 4 is 11.6 Å². The van der Waals surface area contributed by atoms with Crippen molar-refractivity contribution in [2.75, 3.05) is 7.11 Å². The Morgan fingerprint density at radius 1 is 1.11 bits per heavy atom. The number of hydrogen-bond acceptors (Lipinski definition) is 1. The van der Waals surface area contributed by atoms with E-state index >= 15 is 0 Å². The molecule has 0 amide bonds. The van der Waals surface area contributed by atoms with Crippen LogP contribution in [0.1, 0.15) is 16.5 Å². The number of rotatable bonds is 4. The Balaban J connectivity index is 2.15. The number of methoxy groups -OCH3 is 1. The zero-order valence-electron chi connectivity index (χ0n) is 10.4. The van der Waals surface area contributed by atoms with E-state index in [1.807, 2.05) is 0 Å². The van der Waals surface area contributed by atoms with E-state index in [-0.39, 0.29) is 16.9 Å². The summed E-state index contributed by atoms with van der Waals surface area (Å²) in [5.41, 5.74) is 1.69. The molecule has 1 nitrogen and oxygen atoms in total. The van der Waals surface area contributed by atoms with Gasteiger partial charge in [-0.2, -0.15) is 0 Å². The van der Waals surface area contributed by atoms with E-state index in [0.717, 1.165) is 11.1 Å². The molecular weight excluding hydrogens is 270 g/mol. The fourth-order valence-electron chi connectivity index (χ4n) is 1.82. The van der Waals surface area contributed by atoms with Gasteiger partial charge in [-0.25, -0.2) is 8.78 Å². The van der Waals surface area contributed by atoms with E-state index in [4.69, 9.17) is 16.3 Å². The molecule has 0 heterocycles. The van der Waals surface area contributed by atoms with E-state index in [1.54, 1.807) is 24.3 Å². The van der Waals surface area contributed by atoms with Gasteiger partial charge in [0.2, 0.25) is 0 Å². The predicted molar refractivity (Wildman–Crippen MR) is 71.7 cm³/mol. The Morgan fingerprint density at radius 3 is 2.42 bits per heavy atom. The molecule has 2 aromatic rings. The molecule has 4 heteroatoms. The van der Waals surface area contributed by atoms with Gasteiger partial charge in [0.25, 0.3) is 0 Å². The third kappa shape index (κ3) is 3.44. The fourth-order valence-corrected chi connectivity index (χ4v) is 2.13. The summed E-state index contributed by atoms with van der Waals surface area (Å²) in [5.74, 6) is -0.530. The van der Waals surface area contributed by atoms with Gasteiger partial charge in [-0.15, -0.1) is 11.6 Å². The molecule has 2 rings (SSSR count). The second kappa shape index (κ2) is 6.02. The highest BCUT2D eigenvalue weighted by Gasteiger charge is 2.12. The van der Waals surface area contributed by atoms with Crippen LogP contribution >= 0.6 is 11.6 Å². The number of benzene rings is 2. The molecule has 0 aliphatic carbocycles. The Kier molecular flexibility index (Phi) is 4.38. The minimum atomic E-state index is -0.420. The topological polar surface area (TPSA) is 9.23 Å². The number of halogens is 3. The molecule has 0 N–H and O–H groups in total. The van der Waals surface area contributed by atoms with Crippen molar-refractivity contribution in [3.05, 3.63) is 65.2 Å². The maximum atomic E-state index is 13.3. The van der Waals surface area contributed by atoms with Crippen LogP contribution in [0, 0.1) is 11.6 Å². The summed E-state index contributed by atoms with van der Waals surface area (Å²) in [4.78, 5) is 0. The second-order valence-electron chi connectivity index (χ2n) is 4.19. The predicted octanol–water partition coefficient (Wildman–Crippen LogP) is 4.50. The van der Waals surface area contributed by atoms with E-state index < -0.39 is 5.82 Å². The highest BCUT2D eigenvalue weighted by Crippen LogP contribution is 2.29. The second-order valence-corrected chi connectivity index (χ2v) is 4.72. The molecule has 0 spiro atoms. The Morgan fingerprint density at radius 2 is 1.79 bits per heavy atom. The van der Waals surface area contributed by atoms with Gasteiger partial charge in [-0.3, -0.25) is 0 Å². The maximum absolute atomic E-state index is 13.3. The first-order chi connectivity index (χ1) is 9.10. The van der Waals surface area contributed by atoms with Gasteiger partial charge in [0.1, 0.15) is 5.82 Å². The molecule has 2 aromatic carbocycles. The summed E-state index contributed by atoms with van der Waals surface area (Å²) in [6, 6.07) is 10.7. The van der Waals surface area contributed by atoms with Crippen molar-refractivity contribution in [1.29, 1.82) is 0 Å². The lowest BCUT2D eigenvalue weighted by molar-refractivity contribution is 0.386. The van der Waals surface area contributed by atoms with Crippen LogP contribution in [0.25, 0.3) is 0 Å². The summed E-state index contributed by atoms with van der Waals surface area (Å²) in [6.45, 7) is 0. The first-order valence-corrected chi connectivity index (χ1v) is 6.25. The first-order valence-electron chi connectivity index (χ1n) is 5.82. The Hall–Kier alpha value is -1.61. The number of ether oxygens (including phenoxy) is 1. The molecule has 19 heavy (non-hydrogen) atoms. The third-order valence-electron chi connectivity index (χ3n) is 2.87. The minimum Gasteiger partial charge on any atom is -0.494 e. The van der Waals surface area contributed by atoms with Crippen LogP contribution in [0.2, 0.25) is 0 Å². The summed E-state index contributed by atoms with van der Waals surface area (Å²) in [6.07, 6.45) is 0.538. The minimum absolute atomic E-state index is 0.169. The zero-order chi connectivity index (χ0) is 13.8. The van der Waals surface area contributed by atoms with Gasteiger partial charge in [-0.05, 0) is 41.8 Å². The highest BCUT2D eigenvalue weighted by molar-refractivity contribution is 6.20. The summed E-state index contributed by atoms with van der Waals surface area (Å²) in [5, 5.41) is -0.319. The smallest absolute Gasteiger partial charge is 0.165 e. The Bertz CT molecular complexity index is 555. The molecule has 0 radical (unpaired) electrons. The molecular formula is C15H13ClF2O. The van der Waals surface area contributed by atoms with Gasteiger partial charge >= 0.3 is 0 Å². The van der Waals surface area contributed by atoms with Crippen molar-refractivity contribution in [2.45, 2.75) is 11.8 Å². The van der Waals surface area contributed by atoms with Crippen LogP contribution in [-0.4, -0.2) is 7.11 Å². The normalized spacial score (nSPS) is 12.2. The quantitative estimate of drug-likeness (QED) is 0.751. The molecule has 0 aliphatic rings. The van der Waals surface area contributed by atoms with Gasteiger partial charge in [0.15, 0.2) is 11.6 Å². The molecule has 1 atom stereocenters. The molecule has 0 aliphatic heterocycles. The van der Waals surface area contributed by atoms with Gasteiger partial charge < -0.3 is 4.74 Å². The van der Waals surface area contributed by atoms with Gasteiger partial charge in [0.05, 0.1) is 12.5 Å². The van der Waals surface area contributed by atoms with Crippen LogP contribution in [0.15, 0.2) is 42.5 Å². The molecule has 0 saturated carbocycles. The van der Waals surface area contributed by atoms with Crippen molar-refractivity contribution in [3.63, 3.8) is 0 Å². The number of hydrogen-bond donors (Lipinski definition) is 0. The largest absolute Gasteiger partial charge is 0.494 e. The van der Waals surface area contributed by atoms with Gasteiger partial charge in [-0.1, -0.05) is 18.2 Å². The molecule has 100 valence electrons. The lowest BCUT2D eigenvalue weighted by Crippen LogP contribution is -1.98. The number of alkyl halides is 1. The van der Waals surface area contributed by atoms with Crippen LogP contribution in [-0.2, 0) is 6.42 Å². The fraction of sp³-hybridized carbons (Fsp3) is 0.200. The van der Waals surface area contributed by atoms with E-state index in [2.05, 4.69) is 0 Å². The van der Waals surface area contributed by atoms with Crippen LogP contribution in [0.4, 0.5) is 8.78 Å². The standard InChI is InChI=1S/C15H13ClF2O/c1-19-15-9-11(4-7-14(15)18)13(16)8-10-2-5-12(17)6-3-10/h2-7,9,13H,8H2,1H3. The van der Waals surface area contributed by atoms with Crippen molar-refractivity contribution in [3.8, 4) is 5.75 Å². The average Bonchev–Trinajstić information content (AvgIpc) is 2.42. The van der Waals surface area contributed by atoms with Crippen LogP contribution < -0.4 is 4.74 Å². The molecule has 0 aromatic heterocycles. The highest BCUT2D eigenvalue weighted by atomic mass is 35.5. The van der Waals surface area contributed by atoms with E-state index in [0.29, 0.717) is 6.42 Å². The summed E-state index contributed by atoms with van der Waals surface area (Å²) < 4.78 is 31.0. The lowest BCUT2D eigenvalue weighted by atomic mass is 10.0.